The van der Waals surface area contributed by atoms with Gasteiger partial charge >= 0.3 is 0 Å². The Labute approximate surface area is 163 Å². The summed E-state index contributed by atoms with van der Waals surface area (Å²) in [6, 6.07) is 24.3. The highest BCUT2D eigenvalue weighted by atomic mass is 35.5. The molecule has 4 nitrogen and oxygen atoms in total. The number of halogens is 1. The average molecular weight is 391 g/mol. The van der Waals surface area contributed by atoms with E-state index in [0.717, 1.165) is 0 Å². The van der Waals surface area contributed by atoms with E-state index in [9.17, 15) is 4.57 Å². The maximum atomic E-state index is 12.4. The molecule has 6 heteroatoms. The highest BCUT2D eigenvalue weighted by Gasteiger charge is 2.38. The van der Waals surface area contributed by atoms with Crippen LogP contribution in [0, 0.1) is 22.7 Å². The van der Waals surface area contributed by atoms with Crippen molar-refractivity contribution in [3.63, 3.8) is 0 Å². The van der Waals surface area contributed by atoms with Gasteiger partial charge in [-0.05, 0) is 48.5 Å². The van der Waals surface area contributed by atoms with Crippen LogP contribution in [0.4, 0.5) is 0 Å². The molecule has 0 aliphatic carbocycles. The molecule has 27 heavy (non-hydrogen) atoms. The van der Waals surface area contributed by atoms with Gasteiger partial charge in [0, 0.05) is 16.1 Å². The summed E-state index contributed by atoms with van der Waals surface area (Å²) in [6.45, 7) is 0. The molecule has 0 fully saturated rings. The fourth-order valence-corrected chi connectivity index (χ4v) is 3.40. The normalized spacial score (nSPS) is 12.6. The van der Waals surface area contributed by atoms with E-state index >= 15 is 0 Å². The van der Waals surface area contributed by atoms with Gasteiger partial charge in [-0.1, -0.05) is 35.9 Å². The van der Waals surface area contributed by atoms with Crippen LogP contribution < -0.4 is 4.74 Å². The number of benzene rings is 3. The van der Waals surface area contributed by atoms with Crippen molar-refractivity contribution in [3.8, 4) is 17.9 Å². The van der Waals surface area contributed by atoms with Crippen LogP contribution in [0.15, 0.2) is 72.8 Å². The van der Waals surface area contributed by atoms with Crippen LogP contribution in [0.3, 0.4) is 0 Å². The summed E-state index contributed by atoms with van der Waals surface area (Å²) in [5, 5.41) is 17.2. The lowest BCUT2D eigenvalue weighted by atomic mass is 9.99. The first kappa shape index (κ1) is 18.6. The molecule has 1 atom stereocenters. The molecule has 3 aromatic carbocycles. The Bertz CT molecular complexity index is 1040. The lowest BCUT2D eigenvalue weighted by Gasteiger charge is -2.29. The standard InChI is InChI=1S/C21H12ClN2O2P/c22-19-9-7-18(8-10-19)21(27-25,17-5-1-15(13-23)2-6-17)26-20-11-3-16(14-24)4-12-20/h1-12H. The van der Waals surface area contributed by atoms with Crippen molar-refractivity contribution >= 4 is 20.1 Å². The summed E-state index contributed by atoms with van der Waals surface area (Å²) in [5.74, 6) is 0.455. The van der Waals surface area contributed by atoms with Gasteiger partial charge in [-0.3, -0.25) is 4.57 Å². The van der Waals surface area contributed by atoms with Gasteiger partial charge in [0.25, 0.3) is 0 Å². The minimum atomic E-state index is -1.33. The van der Waals surface area contributed by atoms with Crippen LogP contribution in [-0.4, -0.2) is 0 Å². The molecule has 1 unspecified atom stereocenters. The minimum absolute atomic E-state index is 0.294. The van der Waals surface area contributed by atoms with Crippen molar-refractivity contribution < 1.29 is 9.30 Å². The topological polar surface area (TPSA) is 73.9 Å². The molecule has 130 valence electrons. The molecule has 0 heterocycles. The third-order valence-electron chi connectivity index (χ3n) is 4.02. The first-order valence-corrected chi connectivity index (χ1v) is 9.11. The number of ether oxygens (including phenoxy) is 1. The van der Waals surface area contributed by atoms with E-state index in [1.54, 1.807) is 72.8 Å². The second kappa shape index (κ2) is 8.02. The Morgan fingerprint density at radius 3 is 1.67 bits per heavy atom. The number of hydrogen-bond acceptors (Lipinski definition) is 4. The molecule has 0 amide bonds. The predicted octanol–water partition coefficient (Wildman–Crippen LogP) is 5.66. The molecular weight excluding hydrogens is 379 g/mol. The van der Waals surface area contributed by atoms with E-state index in [2.05, 4.69) is 6.07 Å². The van der Waals surface area contributed by atoms with Crippen molar-refractivity contribution in [2.45, 2.75) is 5.34 Å². The second-order valence-corrected chi connectivity index (χ2v) is 6.92. The van der Waals surface area contributed by atoms with Gasteiger partial charge in [0.1, 0.15) is 5.75 Å². The monoisotopic (exact) mass is 390 g/mol. The molecule has 0 aromatic heterocycles. The molecule has 0 aliphatic rings. The van der Waals surface area contributed by atoms with Gasteiger partial charge in [-0.15, -0.1) is 0 Å². The van der Waals surface area contributed by atoms with E-state index < -0.39 is 5.34 Å². The summed E-state index contributed by atoms with van der Waals surface area (Å²) < 4.78 is 18.6. The summed E-state index contributed by atoms with van der Waals surface area (Å²) in [4.78, 5) is 0. The number of nitriles is 2. The maximum absolute atomic E-state index is 12.4. The van der Waals surface area contributed by atoms with Crippen molar-refractivity contribution in [2.75, 3.05) is 0 Å². The van der Waals surface area contributed by atoms with Crippen LogP contribution in [0.5, 0.6) is 5.75 Å². The second-order valence-electron chi connectivity index (χ2n) is 5.67. The predicted molar refractivity (Wildman–Crippen MR) is 103 cm³/mol. The maximum Gasteiger partial charge on any atom is 0.238 e. The molecule has 0 bridgehead atoms. The quantitative estimate of drug-likeness (QED) is 0.527. The molecule has 0 radical (unpaired) electrons. The van der Waals surface area contributed by atoms with Crippen LogP contribution in [0.25, 0.3) is 0 Å². The van der Waals surface area contributed by atoms with Gasteiger partial charge in [0.2, 0.25) is 13.8 Å². The van der Waals surface area contributed by atoms with Crippen molar-refractivity contribution in [1.29, 1.82) is 10.5 Å². The molecule has 3 aromatic rings. The van der Waals surface area contributed by atoms with E-state index in [1.165, 1.54) is 0 Å². The van der Waals surface area contributed by atoms with E-state index in [1.807, 2.05) is 6.07 Å². The van der Waals surface area contributed by atoms with Crippen LogP contribution >= 0.6 is 20.1 Å². The number of rotatable bonds is 5. The average Bonchev–Trinajstić information content (AvgIpc) is 2.73. The minimum Gasteiger partial charge on any atom is -0.466 e. The summed E-state index contributed by atoms with van der Waals surface area (Å²) in [5.41, 5.74) is 2.24. The molecular formula is C21H12ClN2O2P. The van der Waals surface area contributed by atoms with Gasteiger partial charge in [0.15, 0.2) is 0 Å². The Morgan fingerprint density at radius 1 is 0.778 bits per heavy atom. The number of nitrogens with zero attached hydrogens (tertiary/aromatic N) is 2. The first-order chi connectivity index (χ1) is 13.1. The smallest absolute Gasteiger partial charge is 0.238 e. The van der Waals surface area contributed by atoms with Gasteiger partial charge in [-0.2, -0.15) is 10.5 Å². The van der Waals surface area contributed by atoms with E-state index in [-0.39, 0.29) is 8.46 Å². The summed E-state index contributed by atoms with van der Waals surface area (Å²) >= 11 is 6.00. The third-order valence-corrected chi connectivity index (χ3v) is 5.14. The summed E-state index contributed by atoms with van der Waals surface area (Å²) in [6.07, 6.45) is 0. The zero-order chi connectivity index (χ0) is 19.3. The highest BCUT2D eigenvalue weighted by molar-refractivity contribution is 7.25. The zero-order valence-corrected chi connectivity index (χ0v) is 15.6. The van der Waals surface area contributed by atoms with Gasteiger partial charge in [0.05, 0.1) is 23.3 Å². The highest BCUT2D eigenvalue weighted by Crippen LogP contribution is 2.44. The molecule has 0 saturated heterocycles. The Kier molecular flexibility index (Phi) is 5.53. The molecule has 0 spiro atoms. The number of hydrogen-bond donors (Lipinski definition) is 0. The Morgan fingerprint density at radius 2 is 1.22 bits per heavy atom. The lowest BCUT2D eigenvalue weighted by Crippen LogP contribution is -2.28. The molecule has 0 N–H and O–H groups in total. The van der Waals surface area contributed by atoms with E-state index in [4.69, 9.17) is 26.9 Å². The van der Waals surface area contributed by atoms with Crippen LogP contribution in [0.2, 0.25) is 5.02 Å². The van der Waals surface area contributed by atoms with E-state index in [0.29, 0.717) is 33.0 Å². The fourth-order valence-electron chi connectivity index (χ4n) is 2.62. The van der Waals surface area contributed by atoms with Crippen molar-refractivity contribution in [2.24, 2.45) is 0 Å². The molecule has 3 rings (SSSR count). The van der Waals surface area contributed by atoms with Gasteiger partial charge < -0.3 is 4.74 Å². The molecule has 0 saturated carbocycles. The van der Waals surface area contributed by atoms with Crippen molar-refractivity contribution in [3.05, 3.63) is 100 Å². The first-order valence-electron chi connectivity index (χ1n) is 7.91. The third kappa shape index (κ3) is 3.83. The van der Waals surface area contributed by atoms with Crippen molar-refractivity contribution in [1.82, 2.24) is 0 Å². The largest absolute Gasteiger partial charge is 0.466 e. The lowest BCUT2D eigenvalue weighted by molar-refractivity contribution is 0.202. The fraction of sp³-hybridized carbons (Fsp3) is 0.0476. The van der Waals surface area contributed by atoms with Gasteiger partial charge in [-0.25, -0.2) is 0 Å². The Balaban J connectivity index is 2.13. The molecule has 0 aliphatic heterocycles. The van der Waals surface area contributed by atoms with Crippen LogP contribution in [-0.2, 0) is 9.91 Å². The summed E-state index contributed by atoms with van der Waals surface area (Å²) in [7, 11) is -0.294. The SMILES string of the molecule is N#Cc1ccc(OC(P=O)(c2ccc(Cl)cc2)c2ccc(C#N)cc2)cc1. The zero-order valence-electron chi connectivity index (χ0n) is 14.0. The Hall–Kier alpha value is -3.17. The van der Waals surface area contributed by atoms with Crippen LogP contribution in [0.1, 0.15) is 22.3 Å².